The molecule has 0 bridgehead atoms. The number of rotatable bonds is 5. The molecule has 1 aromatic carbocycles. The van der Waals surface area contributed by atoms with Crippen LogP contribution in [0.5, 0.6) is 0 Å². The quantitative estimate of drug-likeness (QED) is 0.473. The number of hydrogen-bond donors (Lipinski definition) is 2. The molecule has 0 aliphatic carbocycles. The summed E-state index contributed by atoms with van der Waals surface area (Å²) in [4.78, 5) is 0. The Morgan fingerprint density at radius 2 is 2.20 bits per heavy atom. The molecule has 1 rings (SSSR count). The van der Waals surface area contributed by atoms with Gasteiger partial charge in [0.15, 0.2) is 0 Å². The van der Waals surface area contributed by atoms with E-state index in [0.29, 0.717) is 10.0 Å². The highest BCUT2D eigenvalue weighted by molar-refractivity contribution is 6.33. The van der Waals surface area contributed by atoms with Gasteiger partial charge in [0.2, 0.25) is 0 Å². The van der Waals surface area contributed by atoms with Crippen LogP contribution in [0.4, 0.5) is 0 Å². The molecule has 0 spiro atoms. The Labute approximate surface area is 100 Å². The smallest absolute Gasteiger partial charge is 0.0478 e. The summed E-state index contributed by atoms with van der Waals surface area (Å²) in [5.74, 6) is 5.48. The van der Waals surface area contributed by atoms with Gasteiger partial charge in [-0.05, 0) is 36.6 Å². The second-order valence-corrected chi connectivity index (χ2v) is 4.09. The van der Waals surface area contributed by atoms with Crippen molar-refractivity contribution in [3.63, 3.8) is 0 Å². The van der Waals surface area contributed by atoms with E-state index in [0.717, 1.165) is 18.4 Å². The molecule has 0 saturated carbocycles. The maximum Gasteiger partial charge on any atom is 0.0478 e. The topological polar surface area (TPSA) is 38.0 Å². The van der Waals surface area contributed by atoms with Crippen molar-refractivity contribution < 1.29 is 0 Å². The van der Waals surface area contributed by atoms with Crippen LogP contribution in [-0.4, -0.2) is 0 Å². The molecule has 0 amide bonds. The number of benzene rings is 1. The molecule has 1 aromatic rings. The van der Waals surface area contributed by atoms with E-state index in [-0.39, 0.29) is 6.04 Å². The van der Waals surface area contributed by atoms with Gasteiger partial charge < -0.3 is 0 Å². The molecule has 0 radical (unpaired) electrons. The van der Waals surface area contributed by atoms with Gasteiger partial charge >= 0.3 is 0 Å². The molecule has 1 unspecified atom stereocenters. The van der Waals surface area contributed by atoms with E-state index in [9.17, 15) is 0 Å². The van der Waals surface area contributed by atoms with E-state index >= 15 is 0 Å². The van der Waals surface area contributed by atoms with Crippen molar-refractivity contribution in [2.75, 3.05) is 0 Å². The zero-order chi connectivity index (χ0) is 11.3. The second kappa shape index (κ2) is 6.13. The third-order valence-electron chi connectivity index (χ3n) is 2.19. The first-order chi connectivity index (χ1) is 7.19. The van der Waals surface area contributed by atoms with Gasteiger partial charge in [0, 0.05) is 16.1 Å². The Balaban J connectivity index is 2.89. The molecule has 0 saturated heterocycles. The first-order valence-corrected chi connectivity index (χ1v) is 5.46. The minimum absolute atomic E-state index is 0.00852. The maximum absolute atomic E-state index is 6.07. The molecule has 2 nitrogen and oxygen atoms in total. The lowest BCUT2D eigenvalue weighted by Gasteiger charge is -2.17. The van der Waals surface area contributed by atoms with E-state index in [1.807, 2.05) is 12.1 Å². The molecule has 0 fully saturated rings. The summed E-state index contributed by atoms with van der Waals surface area (Å²) < 4.78 is 0. The predicted octanol–water partition coefficient (Wildman–Crippen LogP) is 3.46. The second-order valence-electron chi connectivity index (χ2n) is 3.25. The van der Waals surface area contributed by atoms with E-state index in [2.05, 4.69) is 12.0 Å². The fourth-order valence-electron chi connectivity index (χ4n) is 1.39. The Morgan fingerprint density at radius 1 is 1.47 bits per heavy atom. The summed E-state index contributed by atoms with van der Waals surface area (Å²) >= 11 is 12.0. The van der Waals surface area contributed by atoms with Gasteiger partial charge in [0.05, 0.1) is 0 Å². The van der Waals surface area contributed by atoms with E-state index in [4.69, 9.17) is 29.0 Å². The van der Waals surface area contributed by atoms with Crippen LogP contribution in [0.15, 0.2) is 30.9 Å². The van der Waals surface area contributed by atoms with Gasteiger partial charge in [-0.1, -0.05) is 29.3 Å². The van der Waals surface area contributed by atoms with Crippen molar-refractivity contribution in [1.29, 1.82) is 0 Å². The van der Waals surface area contributed by atoms with Crippen molar-refractivity contribution in [3.8, 4) is 0 Å². The van der Waals surface area contributed by atoms with Gasteiger partial charge in [-0.15, -0.1) is 6.58 Å². The van der Waals surface area contributed by atoms with Crippen LogP contribution >= 0.6 is 23.2 Å². The summed E-state index contributed by atoms with van der Waals surface area (Å²) in [6.07, 6.45) is 3.57. The molecule has 3 N–H and O–H groups in total. The van der Waals surface area contributed by atoms with Gasteiger partial charge in [-0.2, -0.15) is 0 Å². The number of nitrogens with one attached hydrogen (secondary N) is 1. The molecular formula is C11H14Cl2N2. The SMILES string of the molecule is C=CCCC(NN)c1cc(Cl)ccc1Cl. The fourth-order valence-corrected chi connectivity index (χ4v) is 1.82. The minimum Gasteiger partial charge on any atom is -0.271 e. The number of allylic oxidation sites excluding steroid dienone is 1. The molecule has 0 heterocycles. The lowest BCUT2D eigenvalue weighted by Crippen LogP contribution is -2.28. The molecule has 0 aliphatic rings. The van der Waals surface area contributed by atoms with Crippen LogP contribution < -0.4 is 11.3 Å². The standard InChI is InChI=1S/C11H14Cl2N2/c1-2-3-4-11(15-14)9-7-8(12)5-6-10(9)13/h2,5-7,11,15H,1,3-4,14H2. The van der Waals surface area contributed by atoms with Crippen LogP contribution in [-0.2, 0) is 0 Å². The number of halogens is 2. The lowest BCUT2D eigenvalue weighted by molar-refractivity contribution is 0.521. The van der Waals surface area contributed by atoms with Crippen molar-refractivity contribution >= 4 is 23.2 Å². The Morgan fingerprint density at radius 3 is 2.80 bits per heavy atom. The molecule has 0 aromatic heterocycles. The summed E-state index contributed by atoms with van der Waals surface area (Å²) in [5.41, 5.74) is 3.65. The molecule has 4 heteroatoms. The van der Waals surface area contributed by atoms with E-state index < -0.39 is 0 Å². The van der Waals surface area contributed by atoms with Gasteiger partial charge in [0.1, 0.15) is 0 Å². The first-order valence-electron chi connectivity index (χ1n) is 4.71. The first kappa shape index (κ1) is 12.5. The zero-order valence-electron chi connectivity index (χ0n) is 8.34. The Kier molecular flexibility index (Phi) is 5.12. The Bertz CT molecular complexity index is 339. The lowest BCUT2D eigenvalue weighted by atomic mass is 10.0. The van der Waals surface area contributed by atoms with Gasteiger partial charge in [-0.25, -0.2) is 0 Å². The van der Waals surface area contributed by atoms with Crippen LogP contribution in [0.3, 0.4) is 0 Å². The number of hydrogen-bond acceptors (Lipinski definition) is 2. The monoisotopic (exact) mass is 244 g/mol. The van der Waals surface area contributed by atoms with Crippen molar-refractivity contribution in [3.05, 3.63) is 46.5 Å². The zero-order valence-corrected chi connectivity index (χ0v) is 9.85. The van der Waals surface area contributed by atoms with Crippen LogP contribution in [0.1, 0.15) is 24.4 Å². The predicted molar refractivity (Wildman–Crippen MR) is 66.0 cm³/mol. The summed E-state index contributed by atoms with van der Waals surface area (Å²) in [7, 11) is 0. The van der Waals surface area contributed by atoms with Crippen molar-refractivity contribution in [1.82, 2.24) is 5.43 Å². The van der Waals surface area contributed by atoms with Crippen molar-refractivity contribution in [2.45, 2.75) is 18.9 Å². The average molecular weight is 245 g/mol. The molecule has 15 heavy (non-hydrogen) atoms. The van der Waals surface area contributed by atoms with E-state index in [1.165, 1.54) is 0 Å². The summed E-state index contributed by atoms with van der Waals surface area (Å²) in [6, 6.07) is 5.37. The molecule has 82 valence electrons. The third kappa shape index (κ3) is 3.50. The van der Waals surface area contributed by atoms with Crippen LogP contribution in [0.25, 0.3) is 0 Å². The highest BCUT2D eigenvalue weighted by atomic mass is 35.5. The fraction of sp³-hybridized carbons (Fsp3) is 0.273. The third-order valence-corrected chi connectivity index (χ3v) is 2.77. The highest BCUT2D eigenvalue weighted by Gasteiger charge is 2.12. The molecule has 0 aliphatic heterocycles. The normalized spacial score (nSPS) is 12.5. The maximum atomic E-state index is 6.07. The molecule has 1 atom stereocenters. The minimum atomic E-state index is 0.00852. The van der Waals surface area contributed by atoms with Crippen LogP contribution in [0.2, 0.25) is 10.0 Å². The summed E-state index contributed by atoms with van der Waals surface area (Å²) in [6.45, 7) is 3.67. The van der Waals surface area contributed by atoms with Crippen LogP contribution in [0, 0.1) is 0 Å². The van der Waals surface area contributed by atoms with Crippen molar-refractivity contribution in [2.24, 2.45) is 5.84 Å². The highest BCUT2D eigenvalue weighted by Crippen LogP contribution is 2.28. The van der Waals surface area contributed by atoms with Gasteiger partial charge in [-0.3, -0.25) is 11.3 Å². The number of hydrazine groups is 1. The Hall–Kier alpha value is -0.540. The molecular weight excluding hydrogens is 231 g/mol. The van der Waals surface area contributed by atoms with E-state index in [1.54, 1.807) is 12.1 Å². The average Bonchev–Trinajstić information content (AvgIpc) is 2.24. The van der Waals surface area contributed by atoms with Gasteiger partial charge in [0.25, 0.3) is 0 Å². The number of nitrogens with two attached hydrogens (primary N) is 1. The largest absolute Gasteiger partial charge is 0.271 e. The summed E-state index contributed by atoms with van der Waals surface area (Å²) in [5, 5.41) is 1.33.